The molecule has 1 N–H and O–H groups in total. The Morgan fingerprint density at radius 1 is 1.12 bits per heavy atom. The number of benzene rings is 2. The van der Waals surface area contributed by atoms with Crippen LogP contribution in [-0.2, 0) is 16.0 Å². The number of hydrogen-bond donors (Lipinski definition) is 1. The lowest BCUT2D eigenvalue weighted by atomic mass is 9.99. The van der Waals surface area contributed by atoms with E-state index in [1.54, 1.807) is 12.3 Å². The molecule has 0 aliphatic carbocycles. The van der Waals surface area contributed by atoms with E-state index in [2.05, 4.69) is 5.32 Å². The average Bonchev–Trinajstić information content (AvgIpc) is 3.23. The van der Waals surface area contributed by atoms with Crippen molar-refractivity contribution in [1.82, 2.24) is 5.32 Å². The van der Waals surface area contributed by atoms with Gasteiger partial charge in [-0.3, -0.25) is 4.79 Å². The first kappa shape index (κ1) is 23.6. The van der Waals surface area contributed by atoms with E-state index in [0.29, 0.717) is 22.5 Å². The van der Waals surface area contributed by atoms with Crippen molar-refractivity contribution in [3.63, 3.8) is 0 Å². The summed E-state index contributed by atoms with van der Waals surface area (Å²) < 4.78 is 11.3. The van der Waals surface area contributed by atoms with Gasteiger partial charge in [-0.25, -0.2) is 4.79 Å². The molecule has 4 rings (SSSR count). The summed E-state index contributed by atoms with van der Waals surface area (Å²) in [7, 11) is 0. The minimum Gasteiger partial charge on any atom is -0.548 e. The van der Waals surface area contributed by atoms with E-state index < -0.39 is 23.5 Å². The van der Waals surface area contributed by atoms with Gasteiger partial charge in [0.15, 0.2) is 0 Å². The fourth-order valence-corrected chi connectivity index (χ4v) is 4.50. The molecule has 176 valence electrons. The fourth-order valence-electron chi connectivity index (χ4n) is 4.03. The molecule has 1 amide bonds. The molecule has 1 atom stereocenters. The summed E-state index contributed by atoms with van der Waals surface area (Å²) in [6.45, 7) is 1.82. The van der Waals surface area contributed by atoms with Gasteiger partial charge in [0.2, 0.25) is 5.91 Å². The number of carboxylic acid groups (broad SMARTS) is 1. The first-order chi connectivity index (χ1) is 16.4. The van der Waals surface area contributed by atoms with E-state index in [4.69, 9.17) is 8.83 Å². The summed E-state index contributed by atoms with van der Waals surface area (Å²) in [5.74, 6) is -1.19. The van der Waals surface area contributed by atoms with Crippen LogP contribution in [0.2, 0.25) is 0 Å². The van der Waals surface area contributed by atoms with Gasteiger partial charge in [0.25, 0.3) is 0 Å². The third kappa shape index (κ3) is 4.87. The van der Waals surface area contributed by atoms with Gasteiger partial charge in [0.05, 0.1) is 18.3 Å². The lowest BCUT2D eigenvalue weighted by Gasteiger charge is -2.19. The van der Waals surface area contributed by atoms with Crippen LogP contribution < -0.4 is 16.0 Å². The molecular formula is C26H24NO6S-. The van der Waals surface area contributed by atoms with Crippen LogP contribution in [0.5, 0.6) is 0 Å². The van der Waals surface area contributed by atoms with Crippen LogP contribution in [0.1, 0.15) is 24.0 Å². The lowest BCUT2D eigenvalue weighted by Crippen LogP contribution is -2.48. The third-order valence-electron chi connectivity index (χ3n) is 5.90. The van der Waals surface area contributed by atoms with E-state index in [0.717, 1.165) is 27.5 Å². The van der Waals surface area contributed by atoms with Gasteiger partial charge in [-0.05, 0) is 49.0 Å². The Bertz CT molecular complexity index is 1410. The summed E-state index contributed by atoms with van der Waals surface area (Å²) in [5, 5.41) is 15.4. The fraction of sp³-hybridized carbons (Fsp3) is 0.269. The van der Waals surface area contributed by atoms with Gasteiger partial charge in [0, 0.05) is 34.4 Å². The summed E-state index contributed by atoms with van der Waals surface area (Å²) >= 11 is 1.49. The predicted octanol–water partition coefficient (Wildman–Crippen LogP) is 3.44. The van der Waals surface area contributed by atoms with Crippen LogP contribution in [0.15, 0.2) is 62.4 Å². The number of carboxylic acids is 1. The maximum Gasteiger partial charge on any atom is 0.339 e. The van der Waals surface area contributed by atoms with Crippen LogP contribution in [-0.4, -0.2) is 29.9 Å². The molecule has 0 unspecified atom stereocenters. The molecule has 0 radical (unpaired) electrons. The Hall–Kier alpha value is -3.52. The molecule has 2 heterocycles. The van der Waals surface area contributed by atoms with E-state index in [-0.39, 0.29) is 19.3 Å². The van der Waals surface area contributed by atoms with E-state index in [9.17, 15) is 19.5 Å². The zero-order valence-electron chi connectivity index (χ0n) is 18.9. The molecule has 4 aromatic rings. The second-order valence-corrected chi connectivity index (χ2v) is 9.06. The number of nitrogens with one attached hydrogen (secondary N) is 1. The number of aryl methyl sites for hydroxylation is 1. The Morgan fingerprint density at radius 2 is 1.88 bits per heavy atom. The lowest BCUT2D eigenvalue weighted by molar-refractivity contribution is -0.308. The van der Waals surface area contributed by atoms with Crippen molar-refractivity contribution >= 4 is 45.6 Å². The highest BCUT2D eigenvalue weighted by Crippen LogP contribution is 2.34. The number of carbonyl (C=O) groups excluding carboxylic acids is 2. The third-order valence-corrected chi connectivity index (χ3v) is 6.54. The van der Waals surface area contributed by atoms with Gasteiger partial charge in [-0.2, -0.15) is 11.8 Å². The van der Waals surface area contributed by atoms with Crippen molar-refractivity contribution in [3.05, 3.63) is 70.3 Å². The molecule has 0 saturated heterocycles. The maximum atomic E-state index is 12.7. The highest BCUT2D eigenvalue weighted by molar-refractivity contribution is 7.98. The van der Waals surface area contributed by atoms with Crippen molar-refractivity contribution in [2.24, 2.45) is 0 Å². The van der Waals surface area contributed by atoms with Crippen LogP contribution in [0.25, 0.3) is 33.1 Å². The average molecular weight is 479 g/mol. The van der Waals surface area contributed by atoms with Gasteiger partial charge < -0.3 is 24.1 Å². The molecule has 0 aliphatic heterocycles. The second-order valence-electron chi connectivity index (χ2n) is 8.07. The summed E-state index contributed by atoms with van der Waals surface area (Å²) in [4.78, 5) is 36.3. The number of thioether (sulfide) groups is 1. The SMILES string of the molecule is CSCC[C@H](NC(=O)CCc1c(C)c2cc3c(-c4ccccc4)coc3cc2oc1=O)C(=O)[O-]. The highest BCUT2D eigenvalue weighted by Gasteiger charge is 2.18. The number of carbonyl (C=O) groups is 2. The molecule has 0 spiro atoms. The zero-order valence-corrected chi connectivity index (χ0v) is 19.7. The number of aliphatic carboxylic acids is 1. The Balaban J connectivity index is 1.62. The molecule has 0 saturated carbocycles. The van der Waals surface area contributed by atoms with Crippen LogP contribution in [0.4, 0.5) is 0 Å². The number of hydrogen-bond acceptors (Lipinski definition) is 7. The molecule has 8 heteroatoms. The molecule has 34 heavy (non-hydrogen) atoms. The molecular weight excluding hydrogens is 454 g/mol. The molecule has 2 aromatic carbocycles. The van der Waals surface area contributed by atoms with Crippen molar-refractivity contribution in [1.29, 1.82) is 0 Å². The van der Waals surface area contributed by atoms with Gasteiger partial charge in [-0.15, -0.1) is 0 Å². The van der Waals surface area contributed by atoms with Crippen molar-refractivity contribution < 1.29 is 23.5 Å². The quantitative estimate of drug-likeness (QED) is 0.367. The molecule has 7 nitrogen and oxygen atoms in total. The van der Waals surface area contributed by atoms with Crippen LogP contribution in [0.3, 0.4) is 0 Å². The normalized spacial score (nSPS) is 12.2. The van der Waals surface area contributed by atoms with Crippen molar-refractivity contribution in [2.45, 2.75) is 32.2 Å². The number of furan rings is 1. The van der Waals surface area contributed by atoms with E-state index in [1.807, 2.05) is 49.6 Å². The predicted molar refractivity (Wildman–Crippen MR) is 131 cm³/mol. The number of rotatable bonds is 9. The summed E-state index contributed by atoms with van der Waals surface area (Å²) in [6.07, 6.45) is 3.91. The standard InChI is InChI=1S/C26H25NO6S/c1-15-17(8-9-24(28)27-21(25(29)30)10-11-34-2)26(31)33-23-13-22-19(12-18(15)23)20(14-32-22)16-6-4-3-5-7-16/h3-7,12-14,21H,8-11H2,1-2H3,(H,27,28)(H,29,30)/p-1/t21-/m0/s1. The van der Waals surface area contributed by atoms with Crippen molar-refractivity contribution in [2.75, 3.05) is 12.0 Å². The monoisotopic (exact) mass is 478 g/mol. The maximum absolute atomic E-state index is 12.7. The molecule has 2 aromatic heterocycles. The molecule has 0 aliphatic rings. The largest absolute Gasteiger partial charge is 0.548 e. The summed E-state index contributed by atoms with van der Waals surface area (Å²) in [5.41, 5.74) is 3.55. The van der Waals surface area contributed by atoms with Crippen LogP contribution in [0, 0.1) is 6.92 Å². The van der Waals surface area contributed by atoms with E-state index in [1.165, 1.54) is 11.8 Å². The molecule has 0 fully saturated rings. The van der Waals surface area contributed by atoms with Crippen molar-refractivity contribution in [3.8, 4) is 11.1 Å². The number of fused-ring (bicyclic) bond motifs is 2. The Labute approximate surface area is 200 Å². The Morgan fingerprint density at radius 3 is 2.59 bits per heavy atom. The first-order valence-corrected chi connectivity index (χ1v) is 12.3. The summed E-state index contributed by atoms with van der Waals surface area (Å²) in [6, 6.07) is 12.4. The first-order valence-electron chi connectivity index (χ1n) is 10.9. The van der Waals surface area contributed by atoms with Crippen LogP contribution >= 0.6 is 11.8 Å². The second kappa shape index (κ2) is 10.2. The zero-order chi connectivity index (χ0) is 24.2. The minimum atomic E-state index is -1.32. The Kier molecular flexibility index (Phi) is 7.07. The topological polar surface area (TPSA) is 113 Å². The number of amides is 1. The highest BCUT2D eigenvalue weighted by atomic mass is 32.2. The van der Waals surface area contributed by atoms with Gasteiger partial charge in [-0.1, -0.05) is 30.3 Å². The van der Waals surface area contributed by atoms with Gasteiger partial charge >= 0.3 is 5.63 Å². The van der Waals surface area contributed by atoms with E-state index >= 15 is 0 Å². The minimum absolute atomic E-state index is 0.0383. The molecule has 0 bridgehead atoms. The smallest absolute Gasteiger partial charge is 0.339 e. The van der Waals surface area contributed by atoms with Gasteiger partial charge in [0.1, 0.15) is 11.2 Å².